The molecule has 72 valence electrons. The first-order valence-electron chi connectivity index (χ1n) is 4.00. The maximum Gasteiger partial charge on any atom is 0.209 e. The Labute approximate surface area is 79.2 Å². The van der Waals surface area contributed by atoms with E-state index >= 15 is 0 Å². The first kappa shape index (κ1) is 11.5. The van der Waals surface area contributed by atoms with Crippen molar-refractivity contribution in [1.29, 1.82) is 0 Å². The molecule has 0 spiro atoms. The number of para-hydroxylation sites is 1. The lowest BCUT2D eigenvalue weighted by atomic mass is 10.2. The normalized spacial score (nSPS) is 8.23. The van der Waals surface area contributed by atoms with E-state index < -0.39 is 0 Å². The summed E-state index contributed by atoms with van der Waals surface area (Å²) in [6, 6.07) is 7.80. The summed E-state index contributed by atoms with van der Waals surface area (Å²) in [5, 5.41) is 0. The number of anilines is 1. The van der Waals surface area contributed by atoms with Gasteiger partial charge in [0.15, 0.2) is 0 Å². The Morgan fingerprint density at radius 3 is 2.00 bits per heavy atom. The first-order valence-corrected chi connectivity index (χ1v) is 4.00. The van der Waals surface area contributed by atoms with Gasteiger partial charge in [-0.05, 0) is 18.6 Å². The van der Waals surface area contributed by atoms with Gasteiger partial charge in [-0.3, -0.25) is 4.79 Å². The van der Waals surface area contributed by atoms with Gasteiger partial charge in [-0.1, -0.05) is 18.2 Å². The number of nitrogens with two attached hydrogens (primary N) is 1. The zero-order valence-corrected chi connectivity index (χ0v) is 8.32. The molecule has 0 fully saturated rings. The Hall–Kier alpha value is -1.51. The molecule has 2 N–H and O–H groups in total. The van der Waals surface area contributed by atoms with Crippen molar-refractivity contribution in [2.45, 2.75) is 6.92 Å². The quantitative estimate of drug-likeness (QED) is 0.522. The maximum absolute atomic E-state index is 9.43. The highest BCUT2D eigenvalue weighted by Crippen LogP contribution is 2.06. The van der Waals surface area contributed by atoms with Crippen molar-refractivity contribution in [2.75, 3.05) is 19.8 Å². The molecule has 0 aromatic heterocycles. The molecule has 3 heteroatoms. The van der Waals surface area contributed by atoms with Crippen LogP contribution in [0.1, 0.15) is 5.56 Å². The van der Waals surface area contributed by atoms with E-state index in [4.69, 9.17) is 5.73 Å². The largest absolute Gasteiger partial charge is 0.399 e. The lowest BCUT2D eigenvalue weighted by Crippen LogP contribution is -2.06. The summed E-state index contributed by atoms with van der Waals surface area (Å²) in [5.74, 6) is 0. The molecule has 0 bridgehead atoms. The highest BCUT2D eigenvalue weighted by Gasteiger charge is 1.84. The van der Waals surface area contributed by atoms with Gasteiger partial charge in [0.25, 0.3) is 0 Å². The molecule has 1 amide bonds. The number of hydrogen-bond donors (Lipinski definition) is 1. The molecule has 13 heavy (non-hydrogen) atoms. The van der Waals surface area contributed by atoms with E-state index in [1.165, 1.54) is 4.90 Å². The molecule has 0 aliphatic rings. The SMILES string of the molecule is CN(C)C=O.Cc1ccccc1N. The average Bonchev–Trinajstić information content (AvgIpc) is 2.11. The fourth-order valence-corrected chi connectivity index (χ4v) is 0.587. The summed E-state index contributed by atoms with van der Waals surface area (Å²) >= 11 is 0. The lowest BCUT2D eigenvalue weighted by molar-refractivity contribution is -0.115. The number of nitrogen functional groups attached to an aromatic ring is 1. The van der Waals surface area contributed by atoms with Crippen LogP contribution in [-0.4, -0.2) is 25.4 Å². The molecule has 0 aliphatic heterocycles. The van der Waals surface area contributed by atoms with Crippen molar-refractivity contribution in [3.05, 3.63) is 29.8 Å². The van der Waals surface area contributed by atoms with Gasteiger partial charge in [-0.15, -0.1) is 0 Å². The van der Waals surface area contributed by atoms with Gasteiger partial charge >= 0.3 is 0 Å². The van der Waals surface area contributed by atoms with E-state index in [1.807, 2.05) is 31.2 Å². The topological polar surface area (TPSA) is 46.3 Å². The molecule has 0 atom stereocenters. The van der Waals surface area contributed by atoms with Crippen LogP contribution >= 0.6 is 0 Å². The van der Waals surface area contributed by atoms with E-state index in [0.717, 1.165) is 17.7 Å². The number of carbonyl (C=O) groups excluding carboxylic acids is 1. The van der Waals surface area contributed by atoms with Crippen molar-refractivity contribution >= 4 is 12.1 Å². The van der Waals surface area contributed by atoms with Gasteiger partial charge in [-0.25, -0.2) is 0 Å². The van der Waals surface area contributed by atoms with Gasteiger partial charge in [0.2, 0.25) is 6.41 Å². The summed E-state index contributed by atoms with van der Waals surface area (Å²) in [7, 11) is 3.38. The molecule has 0 heterocycles. The molecular formula is C10H16N2O. The number of nitrogens with zero attached hydrogens (tertiary/aromatic N) is 1. The van der Waals surface area contributed by atoms with Crippen LogP contribution in [0.15, 0.2) is 24.3 Å². The second kappa shape index (κ2) is 6.06. The minimum atomic E-state index is 0.750. The third-order valence-electron chi connectivity index (χ3n) is 1.40. The molecule has 0 aliphatic carbocycles. The standard InChI is InChI=1S/C7H9N.C3H7NO/c1-6-4-2-3-5-7(6)8;1-4(2)3-5/h2-5H,8H2,1H3;3H,1-2H3. The number of amides is 1. The third kappa shape index (κ3) is 5.73. The number of rotatable bonds is 1. The molecule has 1 aromatic rings. The van der Waals surface area contributed by atoms with E-state index in [1.54, 1.807) is 14.1 Å². The van der Waals surface area contributed by atoms with E-state index in [2.05, 4.69) is 0 Å². The zero-order valence-electron chi connectivity index (χ0n) is 8.32. The fraction of sp³-hybridized carbons (Fsp3) is 0.300. The Balaban J connectivity index is 0.000000252. The summed E-state index contributed by atoms with van der Waals surface area (Å²) in [4.78, 5) is 10.9. The van der Waals surface area contributed by atoms with Crippen LogP contribution in [0.3, 0.4) is 0 Å². The summed E-state index contributed by atoms with van der Waals surface area (Å²) in [6.07, 6.45) is 0.750. The van der Waals surface area contributed by atoms with Gasteiger partial charge < -0.3 is 10.6 Å². The van der Waals surface area contributed by atoms with Gasteiger partial charge in [0.1, 0.15) is 0 Å². The average molecular weight is 180 g/mol. The van der Waals surface area contributed by atoms with Gasteiger partial charge in [0, 0.05) is 19.8 Å². The third-order valence-corrected chi connectivity index (χ3v) is 1.40. The van der Waals surface area contributed by atoms with Gasteiger partial charge in [0.05, 0.1) is 0 Å². The molecule has 0 unspecified atom stereocenters. The summed E-state index contributed by atoms with van der Waals surface area (Å²) in [6.45, 7) is 2.00. The number of hydrogen-bond acceptors (Lipinski definition) is 2. The van der Waals surface area contributed by atoms with Crippen molar-refractivity contribution in [2.24, 2.45) is 0 Å². The summed E-state index contributed by atoms with van der Waals surface area (Å²) < 4.78 is 0. The molecule has 0 saturated carbocycles. The van der Waals surface area contributed by atoms with Crippen LogP contribution in [0.25, 0.3) is 0 Å². The van der Waals surface area contributed by atoms with Crippen LogP contribution in [0, 0.1) is 6.92 Å². The van der Waals surface area contributed by atoms with Crippen molar-refractivity contribution < 1.29 is 4.79 Å². The zero-order chi connectivity index (χ0) is 10.3. The Morgan fingerprint density at radius 1 is 1.31 bits per heavy atom. The Bertz CT molecular complexity index is 238. The predicted molar refractivity (Wildman–Crippen MR) is 55.3 cm³/mol. The fourth-order valence-electron chi connectivity index (χ4n) is 0.587. The van der Waals surface area contributed by atoms with Crippen LogP contribution in [0.5, 0.6) is 0 Å². The minimum absolute atomic E-state index is 0.750. The monoisotopic (exact) mass is 180 g/mol. The Morgan fingerprint density at radius 2 is 1.77 bits per heavy atom. The van der Waals surface area contributed by atoms with E-state index in [-0.39, 0.29) is 0 Å². The molecule has 0 radical (unpaired) electrons. The van der Waals surface area contributed by atoms with E-state index in [0.29, 0.717) is 0 Å². The second-order valence-electron chi connectivity index (χ2n) is 2.93. The summed E-state index contributed by atoms with van der Waals surface area (Å²) in [5.41, 5.74) is 7.53. The molecule has 1 aromatic carbocycles. The smallest absolute Gasteiger partial charge is 0.209 e. The lowest BCUT2D eigenvalue weighted by Gasteiger charge is -1.93. The molecule has 3 nitrogen and oxygen atoms in total. The number of carbonyl (C=O) groups is 1. The minimum Gasteiger partial charge on any atom is -0.399 e. The van der Waals surface area contributed by atoms with Crippen LogP contribution in [0.4, 0.5) is 5.69 Å². The van der Waals surface area contributed by atoms with Crippen molar-refractivity contribution in [3.8, 4) is 0 Å². The van der Waals surface area contributed by atoms with Gasteiger partial charge in [-0.2, -0.15) is 0 Å². The molecular weight excluding hydrogens is 164 g/mol. The number of benzene rings is 1. The number of aryl methyl sites for hydroxylation is 1. The first-order chi connectivity index (χ1) is 6.07. The molecule has 0 saturated heterocycles. The van der Waals surface area contributed by atoms with Crippen LogP contribution in [-0.2, 0) is 4.79 Å². The van der Waals surface area contributed by atoms with Crippen molar-refractivity contribution in [1.82, 2.24) is 4.90 Å². The van der Waals surface area contributed by atoms with Crippen LogP contribution < -0.4 is 5.73 Å². The highest BCUT2D eigenvalue weighted by molar-refractivity contribution is 5.45. The van der Waals surface area contributed by atoms with E-state index in [9.17, 15) is 4.79 Å². The Kier molecular flexibility index (Phi) is 5.35. The van der Waals surface area contributed by atoms with Crippen molar-refractivity contribution in [3.63, 3.8) is 0 Å². The van der Waals surface area contributed by atoms with Crippen LogP contribution in [0.2, 0.25) is 0 Å². The molecule has 1 rings (SSSR count). The predicted octanol–water partition coefficient (Wildman–Crippen LogP) is 1.28. The highest BCUT2D eigenvalue weighted by atomic mass is 16.1. The maximum atomic E-state index is 9.43. The second-order valence-corrected chi connectivity index (χ2v) is 2.93.